The van der Waals surface area contributed by atoms with Gasteiger partial charge in [0.1, 0.15) is 28.6 Å². The van der Waals surface area contributed by atoms with Gasteiger partial charge in [0.25, 0.3) is 21.6 Å². The number of fused-ring (bicyclic) bond motifs is 1. The monoisotopic (exact) mass is 1080 g/mol. The Morgan fingerprint density at radius 1 is 0.885 bits per heavy atom. The molecule has 5 aliphatic rings. The molecule has 3 saturated heterocycles. The summed E-state index contributed by atoms with van der Waals surface area (Å²) >= 11 is 0. The first-order valence-corrected chi connectivity index (χ1v) is 29.0. The number of nitrogens with one attached hydrogen (secondary N) is 3. The molecular weight excluding hydrogens is 1010 g/mol. The lowest BCUT2D eigenvalue weighted by Crippen LogP contribution is -2.60. The first-order chi connectivity index (χ1) is 37.7. The molecule has 5 fully saturated rings. The highest BCUT2D eigenvalue weighted by atomic mass is 32.2. The van der Waals surface area contributed by atoms with E-state index in [0.717, 1.165) is 134 Å². The molecule has 0 radical (unpaired) electrons. The van der Waals surface area contributed by atoms with Crippen LogP contribution in [-0.4, -0.2) is 133 Å². The molecule has 11 rings (SSSR count). The average Bonchev–Trinajstić information content (AvgIpc) is 4.04. The lowest BCUT2D eigenvalue weighted by Gasteiger charge is -2.58. The highest BCUT2D eigenvalue weighted by molar-refractivity contribution is 7.90. The quantitative estimate of drug-likeness (QED) is 0.0497. The summed E-state index contributed by atoms with van der Waals surface area (Å²) in [6.07, 6.45) is 10.4. The lowest BCUT2D eigenvalue weighted by molar-refractivity contribution is -0.384. The number of methoxy groups -OCH3 is 1. The van der Waals surface area contributed by atoms with Crippen molar-refractivity contribution in [3.05, 3.63) is 142 Å². The molecule has 2 aromatic heterocycles. The second-order valence-corrected chi connectivity index (χ2v) is 24.2. The van der Waals surface area contributed by atoms with Gasteiger partial charge in [-0.1, -0.05) is 36.4 Å². The number of carbonyl (C=O) groups excluding carboxylic acids is 1. The first-order valence-electron chi connectivity index (χ1n) is 27.5. The molecular formula is C59H71N9O9S. The largest absolute Gasteiger partial charge is 0.497 e. The zero-order valence-electron chi connectivity index (χ0n) is 44.6. The Kier molecular flexibility index (Phi) is 15.5. The number of rotatable bonds is 17. The number of aromatic nitrogens is 2. The summed E-state index contributed by atoms with van der Waals surface area (Å²) in [5.41, 5.74) is 4.80. The predicted molar refractivity (Wildman–Crippen MR) is 299 cm³/mol. The molecule has 0 bridgehead atoms. The van der Waals surface area contributed by atoms with Crippen molar-refractivity contribution in [1.29, 1.82) is 0 Å². The maximum Gasteiger partial charge on any atom is 0.293 e. The normalized spacial score (nSPS) is 22.5. The van der Waals surface area contributed by atoms with Crippen molar-refractivity contribution in [2.75, 3.05) is 82.9 Å². The van der Waals surface area contributed by atoms with Gasteiger partial charge < -0.3 is 34.5 Å². The van der Waals surface area contributed by atoms with Crippen LogP contribution in [0.3, 0.4) is 0 Å². The van der Waals surface area contributed by atoms with E-state index in [1.54, 1.807) is 37.7 Å². The van der Waals surface area contributed by atoms with Gasteiger partial charge in [-0.05, 0) is 135 Å². The second-order valence-electron chi connectivity index (χ2n) is 22.5. The van der Waals surface area contributed by atoms with Gasteiger partial charge in [-0.3, -0.25) is 29.6 Å². The molecule has 412 valence electrons. The molecule has 3 aliphatic heterocycles. The molecule has 1 spiro atoms. The number of nitro benzene ring substituents is 1. The summed E-state index contributed by atoms with van der Waals surface area (Å²) in [5, 5.41) is 26.5. The van der Waals surface area contributed by atoms with Gasteiger partial charge in [0.2, 0.25) is 0 Å². The summed E-state index contributed by atoms with van der Waals surface area (Å²) in [6, 6.07) is 30.6. The zero-order valence-corrected chi connectivity index (χ0v) is 45.4. The number of aromatic amines is 1. The van der Waals surface area contributed by atoms with E-state index in [2.05, 4.69) is 76.0 Å². The molecule has 1 amide bonds. The number of aliphatic hydroxyl groups is 1. The third kappa shape index (κ3) is 12.0. The number of sulfonamides is 1. The van der Waals surface area contributed by atoms with Crippen LogP contribution in [0.4, 0.5) is 17.1 Å². The van der Waals surface area contributed by atoms with Crippen molar-refractivity contribution in [1.82, 2.24) is 29.4 Å². The summed E-state index contributed by atoms with van der Waals surface area (Å²) in [7, 11) is -2.89. The first kappa shape index (κ1) is 53.4. The van der Waals surface area contributed by atoms with Crippen molar-refractivity contribution < 1.29 is 37.5 Å². The number of benzene rings is 4. The van der Waals surface area contributed by atoms with Gasteiger partial charge in [-0.25, -0.2) is 18.1 Å². The number of hydrogen-bond donors (Lipinski definition) is 4. The van der Waals surface area contributed by atoms with Crippen LogP contribution < -0.4 is 24.4 Å². The molecule has 2 aliphatic carbocycles. The number of hydrogen-bond acceptors (Lipinski definition) is 15. The number of piperidine rings is 1. The highest BCUT2D eigenvalue weighted by Gasteiger charge is 2.50. The third-order valence-electron chi connectivity index (χ3n) is 17.3. The number of anilines is 2. The van der Waals surface area contributed by atoms with Crippen molar-refractivity contribution in [3.8, 4) is 17.2 Å². The maximum atomic E-state index is 14.2. The minimum Gasteiger partial charge on any atom is -0.497 e. The van der Waals surface area contributed by atoms with Crippen molar-refractivity contribution in [3.63, 3.8) is 0 Å². The molecule has 1 unspecified atom stereocenters. The molecule has 2 saturated carbocycles. The average molecular weight is 1080 g/mol. The van der Waals surface area contributed by atoms with Gasteiger partial charge in [0, 0.05) is 107 Å². The van der Waals surface area contributed by atoms with Gasteiger partial charge in [-0.2, -0.15) is 0 Å². The fraction of sp³-hybridized carbons (Fsp3) is 0.458. The van der Waals surface area contributed by atoms with Gasteiger partial charge in [0.05, 0.1) is 47.5 Å². The Labute approximate surface area is 456 Å². The van der Waals surface area contributed by atoms with Crippen LogP contribution in [0.25, 0.3) is 11.0 Å². The topological polar surface area (TPSA) is 208 Å². The van der Waals surface area contributed by atoms with E-state index in [0.29, 0.717) is 36.8 Å². The molecule has 78 heavy (non-hydrogen) atoms. The van der Waals surface area contributed by atoms with Crippen LogP contribution in [-0.2, 0) is 27.8 Å². The number of piperazine rings is 1. The standard InChI is InChI=1S/C59H71N9O9S/c1-58(70)18-15-41(16-19-58)36-61-52-14-12-49(33-53(52)68(71)72)78(73,74)63-57(69)51-13-9-45(32-55(51)77-48-31-43-17-22-60-56(43)62-37-48)66-23-20-59(21-24-66)34-46(35-59)67-26-25-65(38-42-7-10-47(75-2)11-8-42)40-54(67)50-6-4-3-5-44(50)39-64-27-29-76-30-28-64/h3-14,17,22,31-33,37,41,46,54,61,70H,15-16,18-21,23-30,34-36,38-40H2,1-2H3,(H,60,62)(H,63,69). The SMILES string of the molecule is COc1ccc(CN2CCN(C3CC4(CCN(c5ccc(C(=O)NS(=O)(=O)c6ccc(NCC7CCC(C)(O)CC7)c([N+](=O)[O-])c6)c(Oc6cnc7[nH]ccc7c6)c5)CC4)C3)C(c3ccccc3CN3CCOCC3)C2)cc1. The number of carbonyl (C=O) groups is 1. The number of H-pyrrole nitrogens is 1. The number of nitro groups is 1. The Hall–Kier alpha value is -6.61. The molecule has 4 aromatic carbocycles. The Morgan fingerprint density at radius 2 is 1.65 bits per heavy atom. The van der Waals surface area contributed by atoms with E-state index in [1.807, 2.05) is 31.2 Å². The van der Waals surface area contributed by atoms with Crippen LogP contribution in [0.1, 0.15) is 91.4 Å². The minimum absolute atomic E-state index is 0.0313. The van der Waals surface area contributed by atoms with Gasteiger partial charge >= 0.3 is 0 Å². The lowest BCUT2D eigenvalue weighted by atomic mass is 9.59. The van der Waals surface area contributed by atoms with Crippen molar-refractivity contribution >= 4 is 44.0 Å². The second kappa shape index (κ2) is 22.6. The molecule has 4 N–H and O–H groups in total. The predicted octanol–water partition coefficient (Wildman–Crippen LogP) is 8.88. The number of amides is 1. The minimum atomic E-state index is -4.60. The van der Waals surface area contributed by atoms with Crippen LogP contribution in [0, 0.1) is 21.4 Å². The van der Waals surface area contributed by atoms with Crippen LogP contribution in [0.15, 0.2) is 114 Å². The summed E-state index contributed by atoms with van der Waals surface area (Å²) < 4.78 is 47.5. The number of pyridine rings is 1. The third-order valence-corrected chi connectivity index (χ3v) is 18.6. The molecule has 1 atom stereocenters. The molecule has 19 heteroatoms. The van der Waals surface area contributed by atoms with E-state index in [9.17, 15) is 28.4 Å². The van der Waals surface area contributed by atoms with E-state index >= 15 is 0 Å². The summed E-state index contributed by atoms with van der Waals surface area (Å²) in [4.78, 5) is 43.2. The van der Waals surface area contributed by atoms with Crippen molar-refractivity contribution in [2.45, 2.75) is 94.0 Å². The Bertz CT molecular complexity index is 3210. The van der Waals surface area contributed by atoms with E-state index in [4.69, 9.17) is 14.2 Å². The smallest absolute Gasteiger partial charge is 0.293 e. The fourth-order valence-corrected chi connectivity index (χ4v) is 13.6. The highest BCUT2D eigenvalue weighted by Crippen LogP contribution is 2.53. The van der Waals surface area contributed by atoms with Crippen LogP contribution in [0.5, 0.6) is 17.2 Å². The maximum absolute atomic E-state index is 14.2. The van der Waals surface area contributed by atoms with E-state index in [1.165, 1.54) is 28.8 Å². The number of morpholine rings is 1. The Balaban J connectivity index is 0.781. The number of ether oxygens (including phenoxy) is 3. The molecule has 18 nitrogen and oxygen atoms in total. The Morgan fingerprint density at radius 3 is 2.41 bits per heavy atom. The van der Waals surface area contributed by atoms with E-state index in [-0.39, 0.29) is 34.4 Å². The van der Waals surface area contributed by atoms with E-state index < -0.39 is 37.0 Å². The fourth-order valence-electron chi connectivity index (χ4n) is 12.6. The zero-order chi connectivity index (χ0) is 54.0. The van der Waals surface area contributed by atoms with Gasteiger partial charge in [-0.15, -0.1) is 0 Å². The number of nitrogens with zero attached hydrogens (tertiary/aromatic N) is 6. The molecule has 5 heterocycles. The summed E-state index contributed by atoms with van der Waals surface area (Å²) in [6.45, 7) is 12.0. The van der Waals surface area contributed by atoms with Crippen LogP contribution in [0.2, 0.25) is 0 Å². The summed E-state index contributed by atoms with van der Waals surface area (Å²) in [5.74, 6) is 0.607. The molecule has 6 aromatic rings. The van der Waals surface area contributed by atoms with Crippen molar-refractivity contribution in [2.24, 2.45) is 11.3 Å². The van der Waals surface area contributed by atoms with Crippen LogP contribution >= 0.6 is 0 Å². The van der Waals surface area contributed by atoms with Gasteiger partial charge in [0.15, 0.2) is 0 Å².